The first-order valence-electron chi connectivity index (χ1n) is 5.33. The van der Waals surface area contributed by atoms with Crippen molar-refractivity contribution < 1.29 is 14.8 Å². The topological polar surface area (TPSA) is 92.5 Å². The first kappa shape index (κ1) is 14.2. The Morgan fingerprint density at radius 1 is 1.61 bits per heavy atom. The molecule has 0 aliphatic heterocycles. The second-order valence-electron chi connectivity index (χ2n) is 3.85. The normalized spacial score (nSPS) is 11.9. The number of halogens is 1. The number of aliphatic carboxylic acids is 1. The lowest BCUT2D eigenvalue weighted by Crippen LogP contribution is -2.14. The number of carbonyl (C=O) groups is 1. The molecule has 1 atom stereocenters. The van der Waals surface area contributed by atoms with Crippen LogP contribution in [0.4, 0.5) is 11.4 Å². The summed E-state index contributed by atoms with van der Waals surface area (Å²) in [4.78, 5) is 20.9. The molecular weight excluding hydrogens is 260 g/mol. The maximum Gasteiger partial charge on any atom is 0.310 e. The largest absolute Gasteiger partial charge is 0.481 e. The van der Waals surface area contributed by atoms with E-state index in [4.69, 9.17) is 16.7 Å². The number of benzene rings is 1. The Hall–Kier alpha value is -1.82. The number of hydrogen-bond donors (Lipinski definition) is 2. The van der Waals surface area contributed by atoms with Crippen LogP contribution in [-0.4, -0.2) is 22.5 Å². The molecule has 1 aromatic rings. The van der Waals surface area contributed by atoms with Gasteiger partial charge >= 0.3 is 11.7 Å². The highest BCUT2D eigenvalue weighted by molar-refractivity contribution is 6.33. The third-order valence-electron chi connectivity index (χ3n) is 2.48. The fraction of sp³-hybridized carbons (Fsp3) is 0.364. The van der Waals surface area contributed by atoms with Gasteiger partial charge in [0.15, 0.2) is 0 Å². The molecule has 7 heteroatoms. The number of para-hydroxylation sites is 1. The highest BCUT2D eigenvalue weighted by Crippen LogP contribution is 2.32. The first-order chi connectivity index (χ1) is 8.43. The summed E-state index contributed by atoms with van der Waals surface area (Å²) in [6.45, 7) is 1.91. The lowest BCUT2D eigenvalue weighted by Gasteiger charge is -2.09. The Morgan fingerprint density at radius 3 is 2.83 bits per heavy atom. The van der Waals surface area contributed by atoms with Crippen LogP contribution >= 0.6 is 11.6 Å². The summed E-state index contributed by atoms with van der Waals surface area (Å²) in [5.74, 6) is -1.40. The smallest absolute Gasteiger partial charge is 0.310 e. The van der Waals surface area contributed by atoms with Crippen molar-refractivity contribution in [1.82, 2.24) is 0 Å². The van der Waals surface area contributed by atoms with Crippen LogP contribution in [-0.2, 0) is 4.79 Å². The van der Waals surface area contributed by atoms with Crippen LogP contribution in [0, 0.1) is 16.0 Å². The van der Waals surface area contributed by atoms with Gasteiger partial charge in [-0.3, -0.25) is 14.9 Å². The summed E-state index contributed by atoms with van der Waals surface area (Å²) in [5.41, 5.74) is 0.104. The number of nitrogens with one attached hydrogen (secondary N) is 1. The van der Waals surface area contributed by atoms with Crippen LogP contribution in [0.2, 0.25) is 5.02 Å². The Kier molecular flexibility index (Phi) is 4.91. The van der Waals surface area contributed by atoms with E-state index in [2.05, 4.69) is 5.32 Å². The van der Waals surface area contributed by atoms with Gasteiger partial charge in [-0.15, -0.1) is 0 Å². The molecule has 98 valence electrons. The summed E-state index contributed by atoms with van der Waals surface area (Å²) in [6.07, 6.45) is 0.374. The summed E-state index contributed by atoms with van der Waals surface area (Å²) in [5, 5.41) is 22.4. The molecule has 0 amide bonds. The molecule has 0 aliphatic rings. The van der Waals surface area contributed by atoms with E-state index in [1.165, 1.54) is 12.1 Å². The predicted molar refractivity (Wildman–Crippen MR) is 68.0 cm³/mol. The van der Waals surface area contributed by atoms with Gasteiger partial charge in [0.25, 0.3) is 0 Å². The zero-order chi connectivity index (χ0) is 13.7. The van der Waals surface area contributed by atoms with Crippen molar-refractivity contribution >= 4 is 28.9 Å². The van der Waals surface area contributed by atoms with Gasteiger partial charge in [0.1, 0.15) is 10.7 Å². The van der Waals surface area contributed by atoms with Crippen molar-refractivity contribution in [2.45, 2.75) is 13.3 Å². The van der Waals surface area contributed by atoms with Crippen molar-refractivity contribution in [3.8, 4) is 0 Å². The molecule has 1 rings (SSSR count). The maximum absolute atomic E-state index is 10.8. The van der Waals surface area contributed by atoms with Crippen LogP contribution in [0.5, 0.6) is 0 Å². The zero-order valence-corrected chi connectivity index (χ0v) is 10.5. The van der Waals surface area contributed by atoms with Crippen LogP contribution < -0.4 is 5.32 Å². The quantitative estimate of drug-likeness (QED) is 0.613. The van der Waals surface area contributed by atoms with Crippen molar-refractivity contribution in [2.24, 2.45) is 5.92 Å². The SMILES string of the molecule is CC(CCNc1cccc(Cl)c1[N+](=O)[O-])C(=O)O. The minimum Gasteiger partial charge on any atom is -0.481 e. The average Bonchev–Trinajstić information content (AvgIpc) is 2.28. The highest BCUT2D eigenvalue weighted by Gasteiger charge is 2.18. The molecule has 6 nitrogen and oxygen atoms in total. The molecule has 0 heterocycles. The van der Waals surface area contributed by atoms with Gasteiger partial charge in [0.05, 0.1) is 10.8 Å². The van der Waals surface area contributed by atoms with Gasteiger partial charge in [0, 0.05) is 6.54 Å². The highest BCUT2D eigenvalue weighted by atomic mass is 35.5. The third kappa shape index (κ3) is 3.59. The van der Waals surface area contributed by atoms with E-state index >= 15 is 0 Å². The van der Waals surface area contributed by atoms with Crippen molar-refractivity contribution in [3.05, 3.63) is 33.3 Å². The lowest BCUT2D eigenvalue weighted by atomic mass is 10.1. The third-order valence-corrected chi connectivity index (χ3v) is 2.79. The van der Waals surface area contributed by atoms with Crippen LogP contribution in [0.15, 0.2) is 18.2 Å². The number of nitro groups is 1. The van der Waals surface area contributed by atoms with E-state index in [1.54, 1.807) is 13.0 Å². The Bertz CT molecular complexity index is 464. The number of carboxylic acids is 1. The molecule has 0 radical (unpaired) electrons. The van der Waals surface area contributed by atoms with E-state index < -0.39 is 16.8 Å². The number of rotatable bonds is 6. The molecule has 0 fully saturated rings. The molecule has 0 spiro atoms. The Morgan fingerprint density at radius 2 is 2.28 bits per heavy atom. The monoisotopic (exact) mass is 272 g/mol. The summed E-state index contributed by atoms with van der Waals surface area (Å²) < 4.78 is 0. The number of nitrogens with zero attached hydrogens (tertiary/aromatic N) is 1. The van der Waals surface area contributed by atoms with Crippen molar-refractivity contribution in [3.63, 3.8) is 0 Å². The molecule has 0 aliphatic carbocycles. The Balaban J connectivity index is 2.71. The van der Waals surface area contributed by atoms with Gasteiger partial charge in [-0.1, -0.05) is 24.6 Å². The summed E-state index contributed by atoms with van der Waals surface area (Å²) >= 11 is 5.74. The molecule has 0 aromatic heterocycles. The van der Waals surface area contributed by atoms with Crippen LogP contribution in [0.1, 0.15) is 13.3 Å². The predicted octanol–water partition coefficient (Wildman–Crippen LogP) is 2.77. The first-order valence-corrected chi connectivity index (χ1v) is 5.71. The average molecular weight is 273 g/mol. The van der Waals surface area contributed by atoms with Crippen LogP contribution in [0.25, 0.3) is 0 Å². The Labute approximate surface area is 109 Å². The minimum atomic E-state index is -0.891. The molecule has 1 unspecified atom stereocenters. The second kappa shape index (κ2) is 6.20. The number of hydrogen-bond acceptors (Lipinski definition) is 4. The van der Waals surface area contributed by atoms with Gasteiger partial charge in [-0.2, -0.15) is 0 Å². The number of nitro benzene ring substituents is 1. The molecule has 0 bridgehead atoms. The minimum absolute atomic E-state index is 0.0521. The maximum atomic E-state index is 10.8. The van der Waals surface area contributed by atoms with Crippen molar-refractivity contribution in [1.29, 1.82) is 0 Å². The molecule has 18 heavy (non-hydrogen) atoms. The molecule has 0 saturated heterocycles. The molecule has 0 saturated carbocycles. The van der Waals surface area contributed by atoms with Gasteiger partial charge < -0.3 is 10.4 Å². The van der Waals surface area contributed by atoms with Gasteiger partial charge in [-0.05, 0) is 18.6 Å². The van der Waals surface area contributed by atoms with Crippen LogP contribution in [0.3, 0.4) is 0 Å². The standard InChI is InChI=1S/C11H13ClN2O4/c1-7(11(15)16)5-6-13-9-4-2-3-8(12)10(9)14(17)18/h2-4,7,13H,5-6H2,1H3,(H,15,16). The fourth-order valence-corrected chi connectivity index (χ4v) is 1.63. The fourth-order valence-electron chi connectivity index (χ4n) is 1.39. The van der Waals surface area contributed by atoms with E-state index in [0.29, 0.717) is 18.7 Å². The van der Waals surface area contributed by atoms with E-state index in [-0.39, 0.29) is 10.7 Å². The van der Waals surface area contributed by atoms with E-state index in [1.807, 2.05) is 0 Å². The molecular formula is C11H13ClN2O4. The summed E-state index contributed by atoms with van der Waals surface area (Å²) in [6, 6.07) is 4.57. The number of anilines is 1. The summed E-state index contributed by atoms with van der Waals surface area (Å²) in [7, 11) is 0. The van der Waals surface area contributed by atoms with E-state index in [0.717, 1.165) is 0 Å². The molecule has 2 N–H and O–H groups in total. The van der Waals surface area contributed by atoms with Crippen molar-refractivity contribution in [2.75, 3.05) is 11.9 Å². The lowest BCUT2D eigenvalue weighted by molar-refractivity contribution is -0.383. The zero-order valence-electron chi connectivity index (χ0n) is 9.72. The second-order valence-corrected chi connectivity index (χ2v) is 4.26. The molecule has 1 aromatic carbocycles. The van der Waals surface area contributed by atoms with E-state index in [9.17, 15) is 14.9 Å². The van der Waals surface area contributed by atoms with Gasteiger partial charge in [-0.25, -0.2) is 0 Å². The number of carboxylic acid groups (broad SMARTS) is 1. The van der Waals surface area contributed by atoms with Gasteiger partial charge in [0.2, 0.25) is 0 Å².